The number of phenolic OH excluding ortho intramolecular Hbond substituents is 1. The summed E-state index contributed by atoms with van der Waals surface area (Å²) in [5.74, 6) is 0.764. The average molecular weight is 2330 g/mol. The van der Waals surface area contributed by atoms with E-state index in [9.17, 15) is 15.0 Å². The predicted molar refractivity (Wildman–Crippen MR) is 371 cm³/mol. The van der Waals surface area contributed by atoms with Gasteiger partial charge in [0.05, 0.1) is 28.4 Å². The minimum atomic E-state index is 0. The van der Waals surface area contributed by atoms with E-state index in [1.54, 1.807) is 50.8 Å². The number of carbonyl (C=O) groups is 1. The number of aliphatic imine (C=N–C) groups is 3. The SMILES string of the molecule is CC(=O)Cc1nccc2ccccc12.CC(O)=C1C=Cc2cccnc21.CN=C(C)c1c(C)ccc2cc[c-]n12.CN=C(C)c1c(C)ccc2sc[c-]c12.CN=CC(=C(C)C)c1[c-]cn(C)c1.Oc1c(-c2ccccn2)c2ccccc2c2ccccc12.[Ir].[Ir].[Ir].[Ir].[Ir].[Ir]. The number of benzene rings is 5. The molecule has 13 rings (SSSR count). The molecular formula is C76H73Ir6N8O3S-3. The first-order valence-electron chi connectivity index (χ1n) is 28.8. The third kappa shape index (κ3) is 21.1. The van der Waals surface area contributed by atoms with Gasteiger partial charge < -0.3 is 34.2 Å². The smallest absolute Gasteiger partial charge is 0.135 e. The summed E-state index contributed by atoms with van der Waals surface area (Å²) in [6, 6.07) is 54.6. The number of aliphatic hydroxyl groups is 1. The van der Waals surface area contributed by atoms with Gasteiger partial charge in [-0.25, -0.2) is 11.3 Å². The molecule has 11 nitrogen and oxygen atoms in total. The summed E-state index contributed by atoms with van der Waals surface area (Å²) < 4.78 is 5.33. The molecule has 0 unspecified atom stereocenters. The van der Waals surface area contributed by atoms with Crippen molar-refractivity contribution < 1.29 is 136 Å². The molecule has 7 aromatic heterocycles. The molecule has 0 spiro atoms. The standard InChI is InChI=1S/C19H13NO.C12H13N2.C12H11NO.C12H12NS.C11H15N2.C10H9NO.6Ir/c21-19-16-10-4-2-8-14(16)13-7-1-3-9-15(13)18(19)17-11-5-6-12-20-17;1-9-6-7-11-5-4-8-14(11)12(9)10(2)13-3;1-9(14)8-12-11-5-3-2-4-10(11)6-7-13-12;1-8-4-5-11-10(6-7-14-11)12(8)9(2)13-3;1-9(2)11(7-12-3)10-5-6-13(4)8-10;1-7(12)9-5-4-8-3-2-6-11-10(8)9;;;;;;/h1-12,21H;4-7H,1-3H3;2-7H,8H2,1H3;4-5,7H,1-3H3;6-8H,1-4H3;2-6,12H,1H3;;;;;;/q;-1;;2*-1;;;;;;;. The predicted octanol–water partition coefficient (Wildman–Crippen LogP) is 17.8. The van der Waals surface area contributed by atoms with Crippen LogP contribution >= 0.6 is 11.3 Å². The second-order valence-electron chi connectivity index (χ2n) is 21.2. The van der Waals surface area contributed by atoms with E-state index < -0.39 is 0 Å². The van der Waals surface area contributed by atoms with Crippen LogP contribution in [0.25, 0.3) is 76.4 Å². The van der Waals surface area contributed by atoms with Gasteiger partial charge in [0.25, 0.3) is 0 Å². The summed E-state index contributed by atoms with van der Waals surface area (Å²) >= 11 is 1.73. The Balaban J connectivity index is 0.000000383. The fourth-order valence-electron chi connectivity index (χ4n) is 10.3. The monoisotopic (exact) mass is 2340 g/mol. The Kier molecular flexibility index (Phi) is 36.5. The van der Waals surface area contributed by atoms with Gasteiger partial charge in [-0.15, -0.1) is 28.8 Å². The normalized spacial score (nSPS) is 11.4. The van der Waals surface area contributed by atoms with Crippen molar-refractivity contribution >= 4 is 99.9 Å². The second kappa shape index (κ2) is 41.0. The van der Waals surface area contributed by atoms with Gasteiger partial charge in [-0.05, 0) is 111 Å². The molecular weight excluding hydrogens is 2260 g/mol. The van der Waals surface area contributed by atoms with Gasteiger partial charge in [0, 0.05) is 194 Å². The van der Waals surface area contributed by atoms with Crippen molar-refractivity contribution in [2.75, 3.05) is 21.1 Å². The van der Waals surface area contributed by atoms with Crippen molar-refractivity contribution in [3.05, 3.63) is 263 Å². The maximum Gasteiger partial charge on any atom is 0.135 e. The number of thiophene rings is 1. The zero-order valence-corrected chi connectivity index (χ0v) is 69.2. The second-order valence-corrected chi connectivity index (χ2v) is 22.1. The molecule has 498 valence electrons. The number of aliphatic hydroxyl groups excluding tert-OH is 1. The Morgan fingerprint density at radius 2 is 1.27 bits per heavy atom. The van der Waals surface area contributed by atoms with Crippen LogP contribution in [0.3, 0.4) is 0 Å². The van der Waals surface area contributed by atoms with E-state index in [0.717, 1.165) is 99.9 Å². The van der Waals surface area contributed by atoms with Crippen molar-refractivity contribution in [3.8, 4) is 17.0 Å². The van der Waals surface area contributed by atoms with E-state index in [1.165, 1.54) is 32.3 Å². The largest absolute Gasteiger partial charge is 0.512 e. The molecule has 0 bridgehead atoms. The number of hydrogen-bond acceptors (Lipinski definition) is 10. The molecule has 0 amide bonds. The van der Waals surface area contributed by atoms with Gasteiger partial charge in [-0.1, -0.05) is 175 Å². The maximum absolute atomic E-state index is 11.0. The van der Waals surface area contributed by atoms with Crippen molar-refractivity contribution in [2.45, 2.75) is 61.8 Å². The molecule has 0 saturated heterocycles. The quantitative estimate of drug-likeness (QED) is 0.0704. The molecule has 1 aliphatic rings. The number of fused-ring (bicyclic) bond motifs is 7. The van der Waals surface area contributed by atoms with Gasteiger partial charge in [0.2, 0.25) is 0 Å². The van der Waals surface area contributed by atoms with E-state index in [2.05, 4.69) is 111 Å². The van der Waals surface area contributed by atoms with Gasteiger partial charge in [0.1, 0.15) is 11.5 Å². The third-order valence-corrected chi connectivity index (χ3v) is 15.5. The van der Waals surface area contributed by atoms with Gasteiger partial charge in [-0.2, -0.15) is 29.1 Å². The van der Waals surface area contributed by atoms with Crippen LogP contribution in [0.1, 0.15) is 86.4 Å². The van der Waals surface area contributed by atoms with E-state index in [1.807, 2.05) is 191 Å². The third-order valence-electron chi connectivity index (χ3n) is 14.7. The topological polar surface area (TPSA) is 143 Å². The zero-order valence-electron chi connectivity index (χ0n) is 54.0. The van der Waals surface area contributed by atoms with E-state index in [0.29, 0.717) is 17.9 Å². The summed E-state index contributed by atoms with van der Waals surface area (Å²) in [6.07, 6.45) is 18.5. The Hall–Kier alpha value is -6.27. The fourth-order valence-corrected chi connectivity index (χ4v) is 11.0. The Labute approximate surface area is 637 Å². The minimum Gasteiger partial charge on any atom is -0.512 e. The van der Waals surface area contributed by atoms with Crippen molar-refractivity contribution in [1.82, 2.24) is 23.9 Å². The van der Waals surface area contributed by atoms with Crippen molar-refractivity contribution in [1.29, 1.82) is 0 Å². The summed E-state index contributed by atoms with van der Waals surface area (Å²) in [4.78, 5) is 36.3. The number of aromatic hydroxyl groups is 1. The van der Waals surface area contributed by atoms with Crippen LogP contribution in [-0.2, 0) is 139 Å². The van der Waals surface area contributed by atoms with Crippen LogP contribution in [0.15, 0.2) is 214 Å². The Morgan fingerprint density at radius 1 is 0.638 bits per heavy atom. The number of carbonyl (C=O) groups excluding carboxylic acids is 1. The molecule has 2 N–H and O–H groups in total. The van der Waals surface area contributed by atoms with Crippen LogP contribution in [0.5, 0.6) is 5.75 Å². The number of hydrogen-bond donors (Lipinski definition) is 2. The molecule has 12 aromatic rings. The van der Waals surface area contributed by atoms with Crippen LogP contribution in [0.2, 0.25) is 0 Å². The number of rotatable bonds is 7. The van der Waals surface area contributed by atoms with Gasteiger partial charge in [0.15, 0.2) is 0 Å². The molecule has 0 atom stereocenters. The summed E-state index contributed by atoms with van der Waals surface area (Å²) in [7, 11) is 7.43. The Morgan fingerprint density at radius 3 is 1.88 bits per heavy atom. The fraction of sp³-hybridized carbons (Fsp3) is 0.171. The molecule has 0 saturated carbocycles. The molecule has 5 aromatic carbocycles. The number of aryl methyl sites for hydroxylation is 3. The number of allylic oxidation sites excluding steroid dienone is 5. The molecule has 18 heteroatoms. The van der Waals surface area contributed by atoms with E-state index in [-0.39, 0.29) is 126 Å². The first-order valence-corrected chi connectivity index (χ1v) is 29.7. The summed E-state index contributed by atoms with van der Waals surface area (Å²) in [6.45, 7) is 15.7. The summed E-state index contributed by atoms with van der Waals surface area (Å²) in [5.41, 5.74) is 16.9. The molecule has 94 heavy (non-hydrogen) atoms. The first-order chi connectivity index (χ1) is 42.5. The van der Waals surface area contributed by atoms with E-state index >= 15 is 0 Å². The van der Waals surface area contributed by atoms with Crippen LogP contribution in [0.4, 0.5) is 0 Å². The number of ketones is 1. The Bertz CT molecular complexity index is 4540. The minimum absolute atomic E-state index is 0. The first kappa shape index (κ1) is 83.8. The maximum atomic E-state index is 11.0. The van der Waals surface area contributed by atoms with Crippen LogP contribution < -0.4 is 0 Å². The number of Topliss-reactive ketones (excluding diaryl/α,β-unsaturated/α-hetero) is 1. The molecule has 7 heterocycles. The molecule has 6 radical (unpaired) electrons. The molecule has 0 aliphatic heterocycles. The van der Waals surface area contributed by atoms with Gasteiger partial charge in [-0.3, -0.25) is 19.7 Å². The van der Waals surface area contributed by atoms with Crippen LogP contribution in [-0.4, -0.2) is 78.7 Å². The van der Waals surface area contributed by atoms with Gasteiger partial charge >= 0.3 is 0 Å². The van der Waals surface area contributed by atoms with Crippen molar-refractivity contribution in [3.63, 3.8) is 0 Å². The van der Waals surface area contributed by atoms with E-state index in [4.69, 9.17) is 0 Å². The van der Waals surface area contributed by atoms with Crippen molar-refractivity contribution in [2.24, 2.45) is 22.0 Å². The zero-order chi connectivity index (χ0) is 62.9. The number of phenols is 1. The average Bonchev–Trinajstić information content (AvgIpc) is 1.31. The number of pyridine rings is 4. The molecule has 1 aliphatic carbocycles. The summed E-state index contributed by atoms with van der Waals surface area (Å²) in [5, 5.41) is 29.5. The number of nitrogens with zero attached hydrogens (tertiary/aromatic N) is 8. The van der Waals surface area contributed by atoms with Crippen LogP contribution in [0, 0.1) is 32.2 Å². The number of aromatic nitrogens is 5. The molecule has 0 fully saturated rings.